The molecule has 0 saturated carbocycles. The summed E-state index contributed by atoms with van der Waals surface area (Å²) in [6.07, 6.45) is 6.97. The van der Waals surface area contributed by atoms with Crippen molar-refractivity contribution in [1.82, 2.24) is 9.79 Å². The quantitative estimate of drug-likeness (QED) is 0.314. The van der Waals surface area contributed by atoms with E-state index in [1.165, 1.54) is 12.0 Å². The Hall–Kier alpha value is -2.27. The highest BCUT2D eigenvalue weighted by Gasteiger charge is 2.10. The van der Waals surface area contributed by atoms with Crippen LogP contribution in [0.15, 0.2) is 78.9 Å². The first-order valence-electron chi connectivity index (χ1n) is 10.0. The van der Waals surface area contributed by atoms with E-state index in [1.807, 2.05) is 24.3 Å². The summed E-state index contributed by atoms with van der Waals surface area (Å²) in [6.45, 7) is 17.2. The fraction of sp³-hybridized carbons (Fsp3) is 0.280. The number of hydroxylamine groups is 1. The third kappa shape index (κ3) is 9.66. The fourth-order valence-electron chi connectivity index (χ4n) is 2.63. The molecule has 0 unspecified atom stereocenters. The summed E-state index contributed by atoms with van der Waals surface area (Å²) in [4.78, 5) is 1.12. The van der Waals surface area contributed by atoms with Crippen LogP contribution in [0.1, 0.15) is 43.4 Å². The van der Waals surface area contributed by atoms with Gasteiger partial charge >= 0.3 is 0 Å². The molecule has 0 saturated heterocycles. The maximum absolute atomic E-state index is 9.09. The predicted molar refractivity (Wildman–Crippen MR) is 129 cm³/mol. The van der Waals surface area contributed by atoms with Gasteiger partial charge in [-0.15, -0.1) is 0 Å². The highest BCUT2D eigenvalue weighted by molar-refractivity contribution is 7.97. The molecule has 2 aromatic carbocycles. The Kier molecular flexibility index (Phi) is 12.5. The van der Waals surface area contributed by atoms with Crippen LogP contribution >= 0.6 is 11.9 Å². The SMILES string of the molecule is C=Cc1ccc(SN(CCCc2ccccc2)CC(=C)NO)cc1C=C.CCC. The van der Waals surface area contributed by atoms with Crippen molar-refractivity contribution in [2.75, 3.05) is 13.1 Å². The van der Waals surface area contributed by atoms with Gasteiger partial charge in [-0.2, -0.15) is 0 Å². The molecule has 0 amide bonds. The average molecular weight is 411 g/mol. The normalized spacial score (nSPS) is 10.1. The molecule has 0 aliphatic heterocycles. The zero-order valence-corrected chi connectivity index (χ0v) is 18.5. The Morgan fingerprint density at radius 2 is 1.72 bits per heavy atom. The minimum atomic E-state index is 0.558. The maximum atomic E-state index is 9.09. The summed E-state index contributed by atoms with van der Waals surface area (Å²) in [5.74, 6) is 0. The van der Waals surface area contributed by atoms with Crippen molar-refractivity contribution in [1.29, 1.82) is 0 Å². The molecule has 0 spiro atoms. The van der Waals surface area contributed by atoms with Gasteiger partial charge in [-0.05, 0) is 53.6 Å². The highest BCUT2D eigenvalue weighted by atomic mass is 32.2. The van der Waals surface area contributed by atoms with Gasteiger partial charge in [0.1, 0.15) is 0 Å². The van der Waals surface area contributed by atoms with E-state index in [2.05, 4.69) is 79.8 Å². The topological polar surface area (TPSA) is 35.5 Å². The molecule has 2 N–H and O–H groups in total. The van der Waals surface area contributed by atoms with Gasteiger partial charge in [0, 0.05) is 17.1 Å². The molecule has 2 rings (SSSR count). The Morgan fingerprint density at radius 1 is 1.07 bits per heavy atom. The van der Waals surface area contributed by atoms with Gasteiger partial charge in [0.25, 0.3) is 0 Å². The Bertz CT molecular complexity index is 759. The summed E-state index contributed by atoms with van der Waals surface area (Å²) in [6, 6.07) is 16.7. The molecular formula is C25H34N2OS. The van der Waals surface area contributed by atoms with Crippen molar-refractivity contribution in [2.45, 2.75) is 38.0 Å². The van der Waals surface area contributed by atoms with Crippen LogP contribution in [0, 0.1) is 0 Å². The lowest BCUT2D eigenvalue weighted by Crippen LogP contribution is -2.24. The van der Waals surface area contributed by atoms with Gasteiger partial charge in [-0.25, -0.2) is 4.31 Å². The van der Waals surface area contributed by atoms with Crippen molar-refractivity contribution < 1.29 is 5.21 Å². The largest absolute Gasteiger partial charge is 0.291 e. The number of aryl methyl sites for hydroxylation is 1. The van der Waals surface area contributed by atoms with Gasteiger partial charge < -0.3 is 0 Å². The lowest BCUT2D eigenvalue weighted by molar-refractivity contribution is 0.193. The molecule has 0 heterocycles. The summed E-state index contributed by atoms with van der Waals surface area (Å²) in [5, 5.41) is 9.09. The Balaban J connectivity index is 0.00000132. The third-order valence-electron chi connectivity index (χ3n) is 3.97. The van der Waals surface area contributed by atoms with E-state index in [0.29, 0.717) is 12.2 Å². The van der Waals surface area contributed by atoms with Gasteiger partial charge in [-0.3, -0.25) is 10.7 Å². The van der Waals surface area contributed by atoms with Crippen LogP contribution in [0.5, 0.6) is 0 Å². The lowest BCUT2D eigenvalue weighted by Gasteiger charge is -2.22. The van der Waals surface area contributed by atoms with Gasteiger partial charge in [0.05, 0.1) is 6.54 Å². The molecule has 0 atom stereocenters. The molecule has 0 bridgehead atoms. The lowest BCUT2D eigenvalue weighted by atomic mass is 10.1. The molecule has 2 aromatic rings. The number of hydrogen-bond acceptors (Lipinski definition) is 4. The molecule has 29 heavy (non-hydrogen) atoms. The maximum Gasteiger partial charge on any atom is 0.0509 e. The van der Waals surface area contributed by atoms with Crippen molar-refractivity contribution in [2.24, 2.45) is 0 Å². The van der Waals surface area contributed by atoms with Crippen molar-refractivity contribution in [3.63, 3.8) is 0 Å². The molecular weight excluding hydrogens is 376 g/mol. The first-order valence-corrected chi connectivity index (χ1v) is 10.8. The second-order valence-electron chi connectivity index (χ2n) is 6.67. The van der Waals surface area contributed by atoms with Gasteiger partial charge in [-0.1, -0.05) is 88.6 Å². The molecule has 0 radical (unpaired) electrons. The van der Waals surface area contributed by atoms with Crippen molar-refractivity contribution >= 4 is 24.1 Å². The number of rotatable bonds is 11. The predicted octanol–water partition coefficient (Wildman–Crippen LogP) is 6.82. The van der Waals surface area contributed by atoms with Crippen molar-refractivity contribution in [3.05, 3.63) is 90.7 Å². The summed E-state index contributed by atoms with van der Waals surface area (Å²) in [5.41, 5.74) is 6.19. The third-order valence-corrected chi connectivity index (χ3v) is 5.01. The van der Waals surface area contributed by atoms with E-state index >= 15 is 0 Å². The summed E-state index contributed by atoms with van der Waals surface area (Å²) >= 11 is 1.66. The number of nitrogens with zero attached hydrogens (tertiary/aromatic N) is 1. The number of nitrogens with one attached hydrogen (secondary N) is 1. The zero-order chi connectivity index (χ0) is 21.5. The van der Waals surface area contributed by atoms with Crippen LogP contribution in [0.4, 0.5) is 0 Å². The van der Waals surface area contributed by atoms with Gasteiger partial charge in [0.15, 0.2) is 0 Å². The average Bonchev–Trinajstić information content (AvgIpc) is 2.74. The van der Waals surface area contributed by atoms with Crippen LogP contribution in [0.2, 0.25) is 0 Å². The zero-order valence-electron chi connectivity index (χ0n) is 17.7. The monoisotopic (exact) mass is 410 g/mol. The Morgan fingerprint density at radius 3 is 2.31 bits per heavy atom. The van der Waals surface area contributed by atoms with E-state index in [0.717, 1.165) is 35.4 Å². The molecule has 0 aliphatic carbocycles. The standard InChI is InChI=1S/C22H26N2OS.C3H8/c1-4-20-13-14-22(16-21(20)5-2)26-24(17-18(3)23-25)15-9-12-19-10-7-6-8-11-19;1-3-2/h4-8,10-11,13-14,16,23,25H,1-3,9,12,15,17H2;3H2,1-2H3. The number of benzene rings is 2. The first-order chi connectivity index (χ1) is 14.1. The molecule has 0 fully saturated rings. The second kappa shape index (κ2) is 14.7. The molecule has 3 nitrogen and oxygen atoms in total. The van der Waals surface area contributed by atoms with Crippen LogP contribution in [0.3, 0.4) is 0 Å². The van der Waals surface area contributed by atoms with Crippen molar-refractivity contribution in [3.8, 4) is 0 Å². The Labute approximate surface area is 180 Å². The second-order valence-corrected chi connectivity index (χ2v) is 7.84. The smallest absolute Gasteiger partial charge is 0.0509 e. The fourth-order valence-corrected chi connectivity index (χ4v) is 3.68. The van der Waals surface area contributed by atoms with E-state index in [9.17, 15) is 0 Å². The minimum absolute atomic E-state index is 0.558. The van der Waals surface area contributed by atoms with Gasteiger partial charge in [0.2, 0.25) is 0 Å². The molecule has 4 heteroatoms. The number of hydrogen-bond donors (Lipinski definition) is 2. The molecule has 0 aromatic heterocycles. The van der Waals surface area contributed by atoms with E-state index < -0.39 is 0 Å². The summed E-state index contributed by atoms with van der Waals surface area (Å²) < 4.78 is 2.20. The van der Waals surface area contributed by atoms with E-state index in [-0.39, 0.29) is 0 Å². The highest BCUT2D eigenvalue weighted by Crippen LogP contribution is 2.27. The summed E-state index contributed by atoms with van der Waals surface area (Å²) in [7, 11) is 0. The first kappa shape index (κ1) is 24.8. The van der Waals surface area contributed by atoms with Crippen LogP contribution in [-0.2, 0) is 6.42 Å². The molecule has 0 aliphatic rings. The van der Waals surface area contributed by atoms with Crippen LogP contribution < -0.4 is 5.48 Å². The minimum Gasteiger partial charge on any atom is -0.291 e. The van der Waals surface area contributed by atoms with E-state index in [4.69, 9.17) is 5.21 Å². The van der Waals surface area contributed by atoms with E-state index in [1.54, 1.807) is 11.9 Å². The van der Waals surface area contributed by atoms with Crippen LogP contribution in [0.25, 0.3) is 12.2 Å². The molecule has 156 valence electrons. The van der Waals surface area contributed by atoms with Crippen LogP contribution in [-0.4, -0.2) is 22.6 Å².